The molecule has 0 bridgehead atoms. The number of hydrogen-bond donors (Lipinski definition) is 2. The zero-order chi connectivity index (χ0) is 29.3. The standard InChI is InChI=1S/C32H58N4O4/c1-5-7-9-11-13-23-35(3)25-15-17-27-39-31(37)33-29-19-21-30(22-20-29)34-32(38)40-28-18-16-26-36(4)24-14-12-10-8-6-2/h19-22H,5-18,23-28H2,1-4H3,(H,33,37)(H,34,38). The highest BCUT2D eigenvalue weighted by Crippen LogP contribution is 2.14. The van der Waals surface area contributed by atoms with E-state index in [4.69, 9.17) is 9.47 Å². The van der Waals surface area contributed by atoms with E-state index in [-0.39, 0.29) is 0 Å². The van der Waals surface area contributed by atoms with Crippen LogP contribution in [0.3, 0.4) is 0 Å². The fourth-order valence-electron chi connectivity index (χ4n) is 4.44. The SMILES string of the molecule is CCCCCCCN(C)CCCCOC(=O)Nc1ccc(NC(=O)OCCCCN(C)CCCCCCC)cc1. The number of unbranched alkanes of at least 4 members (excludes halogenated alkanes) is 10. The van der Waals surface area contributed by atoms with Crippen LogP contribution >= 0.6 is 0 Å². The Bertz CT molecular complexity index is 697. The van der Waals surface area contributed by atoms with Crippen molar-refractivity contribution in [2.45, 2.75) is 104 Å². The van der Waals surface area contributed by atoms with Gasteiger partial charge in [0.15, 0.2) is 0 Å². The zero-order valence-corrected chi connectivity index (χ0v) is 26.0. The molecule has 0 unspecified atom stereocenters. The molecule has 0 aliphatic rings. The fourth-order valence-corrected chi connectivity index (χ4v) is 4.44. The number of benzene rings is 1. The lowest BCUT2D eigenvalue weighted by atomic mass is 10.1. The molecule has 1 rings (SSSR count). The molecule has 0 saturated carbocycles. The van der Waals surface area contributed by atoms with Crippen LogP contribution < -0.4 is 10.6 Å². The van der Waals surface area contributed by atoms with E-state index in [0.717, 1.165) is 51.9 Å². The molecule has 1 aromatic rings. The van der Waals surface area contributed by atoms with Crippen LogP contribution in [0.4, 0.5) is 21.0 Å². The lowest BCUT2D eigenvalue weighted by Gasteiger charge is -2.16. The molecule has 0 radical (unpaired) electrons. The highest BCUT2D eigenvalue weighted by molar-refractivity contribution is 5.87. The van der Waals surface area contributed by atoms with Crippen molar-refractivity contribution in [3.63, 3.8) is 0 Å². The molecule has 8 nitrogen and oxygen atoms in total. The Morgan fingerprint density at radius 2 is 0.875 bits per heavy atom. The Morgan fingerprint density at radius 3 is 1.23 bits per heavy atom. The van der Waals surface area contributed by atoms with Crippen molar-refractivity contribution in [1.82, 2.24) is 9.80 Å². The van der Waals surface area contributed by atoms with Crippen molar-refractivity contribution in [2.75, 3.05) is 64.1 Å². The van der Waals surface area contributed by atoms with Gasteiger partial charge in [0.2, 0.25) is 0 Å². The van der Waals surface area contributed by atoms with Crippen molar-refractivity contribution in [2.24, 2.45) is 0 Å². The maximum Gasteiger partial charge on any atom is 0.411 e. The summed E-state index contributed by atoms with van der Waals surface area (Å²) in [7, 11) is 4.31. The van der Waals surface area contributed by atoms with Gasteiger partial charge in [-0.2, -0.15) is 0 Å². The molecule has 0 fully saturated rings. The number of amides is 2. The maximum absolute atomic E-state index is 12.1. The lowest BCUT2D eigenvalue weighted by Crippen LogP contribution is -2.21. The largest absolute Gasteiger partial charge is 0.449 e. The van der Waals surface area contributed by atoms with E-state index >= 15 is 0 Å². The average molecular weight is 563 g/mol. The van der Waals surface area contributed by atoms with Gasteiger partial charge in [0.1, 0.15) is 0 Å². The first kappa shape index (κ1) is 35.7. The smallest absolute Gasteiger partial charge is 0.411 e. The minimum atomic E-state index is -0.466. The highest BCUT2D eigenvalue weighted by Gasteiger charge is 2.07. The van der Waals surface area contributed by atoms with Crippen molar-refractivity contribution in [1.29, 1.82) is 0 Å². The number of anilines is 2. The van der Waals surface area contributed by atoms with Gasteiger partial charge in [-0.3, -0.25) is 10.6 Å². The second-order valence-corrected chi connectivity index (χ2v) is 10.9. The summed E-state index contributed by atoms with van der Waals surface area (Å²) < 4.78 is 10.6. The molecule has 0 saturated heterocycles. The third-order valence-corrected chi connectivity index (χ3v) is 7.00. The first-order valence-electron chi connectivity index (χ1n) is 15.8. The summed E-state index contributed by atoms with van der Waals surface area (Å²) in [6.07, 6.45) is 15.8. The Balaban J connectivity index is 2.08. The predicted molar refractivity (Wildman–Crippen MR) is 167 cm³/mol. The first-order chi connectivity index (χ1) is 19.4. The van der Waals surface area contributed by atoms with Gasteiger partial charge in [0.25, 0.3) is 0 Å². The van der Waals surface area contributed by atoms with Gasteiger partial charge >= 0.3 is 12.2 Å². The molecule has 0 aliphatic heterocycles. The monoisotopic (exact) mass is 562 g/mol. The fraction of sp³-hybridized carbons (Fsp3) is 0.750. The number of carbonyl (C=O) groups is 2. The average Bonchev–Trinajstić information content (AvgIpc) is 2.93. The van der Waals surface area contributed by atoms with Crippen LogP contribution in [0.25, 0.3) is 0 Å². The van der Waals surface area contributed by atoms with Crippen LogP contribution in [0, 0.1) is 0 Å². The summed E-state index contributed by atoms with van der Waals surface area (Å²) >= 11 is 0. The van der Waals surface area contributed by atoms with E-state index < -0.39 is 12.2 Å². The number of nitrogens with zero attached hydrogens (tertiary/aromatic N) is 2. The van der Waals surface area contributed by atoms with Crippen LogP contribution in [0.5, 0.6) is 0 Å². The van der Waals surface area contributed by atoms with Crippen molar-refractivity contribution >= 4 is 23.6 Å². The molecule has 1 aromatic carbocycles. The molecule has 2 amide bonds. The van der Waals surface area contributed by atoms with Gasteiger partial charge in [-0.15, -0.1) is 0 Å². The second-order valence-electron chi connectivity index (χ2n) is 10.9. The van der Waals surface area contributed by atoms with Gasteiger partial charge in [-0.25, -0.2) is 9.59 Å². The molecule has 0 atom stereocenters. The van der Waals surface area contributed by atoms with Crippen molar-refractivity contribution in [3.8, 4) is 0 Å². The molecular weight excluding hydrogens is 504 g/mol. The Labute approximate surface area is 244 Å². The number of hydrogen-bond acceptors (Lipinski definition) is 6. The van der Waals surface area contributed by atoms with Crippen molar-refractivity contribution in [3.05, 3.63) is 24.3 Å². The lowest BCUT2D eigenvalue weighted by molar-refractivity contribution is 0.156. The zero-order valence-electron chi connectivity index (χ0n) is 26.0. The van der Waals surface area contributed by atoms with E-state index in [2.05, 4.69) is 48.4 Å². The van der Waals surface area contributed by atoms with Crippen LogP contribution in [0.2, 0.25) is 0 Å². The van der Waals surface area contributed by atoms with E-state index in [9.17, 15) is 9.59 Å². The summed E-state index contributed by atoms with van der Waals surface area (Å²) in [4.78, 5) is 28.8. The normalized spacial score (nSPS) is 11.2. The summed E-state index contributed by atoms with van der Waals surface area (Å²) in [6.45, 7) is 9.58. The summed E-state index contributed by atoms with van der Waals surface area (Å²) in [5, 5.41) is 5.45. The van der Waals surface area contributed by atoms with E-state index in [1.807, 2.05) is 0 Å². The topological polar surface area (TPSA) is 83.1 Å². The number of ether oxygens (including phenoxy) is 2. The number of carbonyl (C=O) groups excluding carboxylic acids is 2. The highest BCUT2D eigenvalue weighted by atomic mass is 16.6. The van der Waals surface area contributed by atoms with Crippen molar-refractivity contribution < 1.29 is 19.1 Å². The molecule has 0 aromatic heterocycles. The Hall–Kier alpha value is -2.32. The van der Waals surface area contributed by atoms with Gasteiger partial charge in [-0.1, -0.05) is 65.2 Å². The summed E-state index contributed by atoms with van der Waals surface area (Å²) in [5.74, 6) is 0. The van der Waals surface area contributed by atoms with Gasteiger partial charge in [-0.05, 0) is 103 Å². The third-order valence-electron chi connectivity index (χ3n) is 7.00. The molecule has 0 heterocycles. The third kappa shape index (κ3) is 20.6. The maximum atomic E-state index is 12.1. The molecule has 8 heteroatoms. The second kappa shape index (κ2) is 24.5. The van der Waals surface area contributed by atoms with E-state index in [0.29, 0.717) is 24.6 Å². The molecule has 0 aliphatic carbocycles. The minimum Gasteiger partial charge on any atom is -0.449 e. The van der Waals surface area contributed by atoms with Crippen LogP contribution in [0.15, 0.2) is 24.3 Å². The molecule has 230 valence electrons. The molecule has 0 spiro atoms. The van der Waals surface area contributed by atoms with Crippen LogP contribution in [-0.4, -0.2) is 75.5 Å². The predicted octanol–water partition coefficient (Wildman–Crippen LogP) is 8.15. The van der Waals surface area contributed by atoms with E-state index in [1.54, 1.807) is 24.3 Å². The summed E-state index contributed by atoms with van der Waals surface area (Å²) in [5.41, 5.74) is 1.22. The van der Waals surface area contributed by atoms with E-state index in [1.165, 1.54) is 64.2 Å². The first-order valence-corrected chi connectivity index (χ1v) is 15.8. The number of nitrogens with one attached hydrogen (secondary N) is 2. The van der Waals surface area contributed by atoms with Crippen LogP contribution in [0.1, 0.15) is 104 Å². The van der Waals surface area contributed by atoms with Gasteiger partial charge in [0, 0.05) is 11.4 Å². The Morgan fingerprint density at radius 1 is 0.550 bits per heavy atom. The minimum absolute atomic E-state index is 0.400. The van der Waals surface area contributed by atoms with Crippen LogP contribution in [-0.2, 0) is 9.47 Å². The Kier molecular flexibility index (Phi) is 21.8. The molecule has 2 N–H and O–H groups in total. The van der Waals surface area contributed by atoms with Gasteiger partial charge < -0.3 is 19.3 Å². The quantitative estimate of drug-likeness (QED) is 0.124. The molecule has 40 heavy (non-hydrogen) atoms. The number of rotatable bonds is 24. The summed E-state index contributed by atoms with van der Waals surface area (Å²) in [6, 6.07) is 6.91. The molecular formula is C32H58N4O4. The van der Waals surface area contributed by atoms with Gasteiger partial charge in [0.05, 0.1) is 13.2 Å².